The van der Waals surface area contributed by atoms with Crippen molar-refractivity contribution in [1.29, 1.82) is 0 Å². The smallest absolute Gasteiger partial charge is 0.326 e. The first-order valence-electron chi connectivity index (χ1n) is 14.7. The van der Waals surface area contributed by atoms with Crippen LogP contribution >= 0.6 is 11.8 Å². The van der Waals surface area contributed by atoms with E-state index in [0.717, 1.165) is 0 Å². The zero-order valence-electron chi connectivity index (χ0n) is 26.7. The summed E-state index contributed by atoms with van der Waals surface area (Å²) in [5, 5.41) is 21.3. The van der Waals surface area contributed by atoms with Crippen molar-refractivity contribution in [2.45, 2.75) is 89.0 Å². The van der Waals surface area contributed by atoms with Crippen LogP contribution in [0, 0.1) is 5.92 Å². The highest BCUT2D eigenvalue weighted by molar-refractivity contribution is 7.98. The molecule has 47 heavy (non-hydrogen) atoms. The molecule has 14 N–H and O–H groups in total. The molecule has 0 heterocycles. The Morgan fingerprint density at radius 3 is 1.55 bits per heavy atom. The fourth-order valence-electron chi connectivity index (χ4n) is 4.03. The summed E-state index contributed by atoms with van der Waals surface area (Å²) in [6.45, 7) is 3.03. The number of amides is 8. The standard InChI is InChI=1S/C27H47N9O10S/c1-4-13(2)22(36-21(40)12-28)26(44)33-14(5-7-18(29)37)23(41)35-17(11-20(31)39)25(43)32-15(9-10-47-3)24(42)34-16(27(45)46)6-8-19(30)38/h13-17,22H,4-12,28H2,1-3H3,(H2,29,37)(H2,30,38)(H2,31,39)(H,32,43)(H,33,44)(H,34,42)(H,35,41)(H,36,40)(H,45,46)/t13-,14-,15-,16-,17-,22-/m0/s1. The Balaban J connectivity index is 6.13. The molecule has 0 saturated carbocycles. The van der Waals surface area contributed by atoms with Crippen LogP contribution in [-0.2, 0) is 43.2 Å². The average molecular weight is 690 g/mol. The van der Waals surface area contributed by atoms with Crippen molar-refractivity contribution in [2.24, 2.45) is 28.9 Å². The summed E-state index contributed by atoms with van der Waals surface area (Å²) in [5.74, 6) is -8.56. The molecular weight excluding hydrogens is 642 g/mol. The van der Waals surface area contributed by atoms with Crippen molar-refractivity contribution in [3.63, 3.8) is 0 Å². The van der Waals surface area contributed by atoms with Gasteiger partial charge in [0, 0.05) is 12.8 Å². The molecule has 0 fully saturated rings. The maximum atomic E-state index is 13.4. The molecule has 266 valence electrons. The summed E-state index contributed by atoms with van der Waals surface area (Å²) in [5.41, 5.74) is 21.0. The molecule has 8 amide bonds. The van der Waals surface area contributed by atoms with Crippen molar-refractivity contribution >= 4 is 65.0 Å². The summed E-state index contributed by atoms with van der Waals surface area (Å²) in [7, 11) is 0. The van der Waals surface area contributed by atoms with Crippen molar-refractivity contribution in [3.05, 3.63) is 0 Å². The second-order valence-electron chi connectivity index (χ2n) is 10.7. The molecule has 0 aromatic heterocycles. The third-order valence-corrected chi connectivity index (χ3v) is 7.53. The Kier molecular flexibility index (Phi) is 20.0. The van der Waals surface area contributed by atoms with E-state index in [1.165, 1.54) is 11.8 Å². The molecule has 0 bridgehead atoms. The number of thioether (sulfide) groups is 1. The number of primary amides is 3. The third kappa shape index (κ3) is 17.1. The monoisotopic (exact) mass is 689 g/mol. The van der Waals surface area contributed by atoms with E-state index in [-0.39, 0.29) is 32.1 Å². The highest BCUT2D eigenvalue weighted by atomic mass is 32.2. The maximum absolute atomic E-state index is 13.4. The van der Waals surface area contributed by atoms with Gasteiger partial charge in [0.05, 0.1) is 13.0 Å². The lowest BCUT2D eigenvalue weighted by molar-refractivity contribution is -0.142. The summed E-state index contributed by atoms with van der Waals surface area (Å²) in [6, 6.07) is -7.11. The third-order valence-electron chi connectivity index (χ3n) is 6.89. The summed E-state index contributed by atoms with van der Waals surface area (Å²) in [6.07, 6.45) is 0.0779. The second kappa shape index (κ2) is 22.1. The van der Waals surface area contributed by atoms with Gasteiger partial charge in [-0.25, -0.2) is 4.79 Å². The summed E-state index contributed by atoms with van der Waals surface area (Å²) >= 11 is 1.31. The molecule has 0 radical (unpaired) electrons. The quantitative estimate of drug-likeness (QED) is 0.0460. The van der Waals surface area contributed by atoms with Crippen LogP contribution in [0.25, 0.3) is 0 Å². The topological polar surface area (TPSA) is 338 Å². The number of carbonyl (C=O) groups excluding carboxylic acids is 8. The van der Waals surface area contributed by atoms with Gasteiger partial charge in [0.25, 0.3) is 0 Å². The molecule has 20 heteroatoms. The van der Waals surface area contributed by atoms with Crippen molar-refractivity contribution in [2.75, 3.05) is 18.6 Å². The normalized spacial score (nSPS) is 14.6. The Bertz CT molecular complexity index is 1160. The van der Waals surface area contributed by atoms with Gasteiger partial charge >= 0.3 is 5.97 Å². The molecule has 0 unspecified atom stereocenters. The largest absolute Gasteiger partial charge is 0.480 e. The molecule has 6 atom stereocenters. The Morgan fingerprint density at radius 2 is 1.11 bits per heavy atom. The summed E-state index contributed by atoms with van der Waals surface area (Å²) < 4.78 is 0. The molecule has 0 aliphatic rings. The van der Waals surface area contributed by atoms with E-state index in [1.54, 1.807) is 20.1 Å². The van der Waals surface area contributed by atoms with Gasteiger partial charge in [-0.2, -0.15) is 11.8 Å². The number of rotatable bonds is 24. The number of carbonyl (C=O) groups is 9. The Labute approximate surface area is 276 Å². The first kappa shape index (κ1) is 42.5. The zero-order chi connectivity index (χ0) is 36.3. The minimum absolute atomic E-state index is 0.000944. The minimum Gasteiger partial charge on any atom is -0.480 e. The van der Waals surface area contributed by atoms with Gasteiger partial charge in [0.15, 0.2) is 0 Å². The van der Waals surface area contributed by atoms with E-state index in [0.29, 0.717) is 12.2 Å². The van der Waals surface area contributed by atoms with E-state index in [2.05, 4.69) is 26.6 Å². The van der Waals surface area contributed by atoms with Gasteiger partial charge in [-0.15, -0.1) is 0 Å². The van der Waals surface area contributed by atoms with Gasteiger partial charge in [-0.3, -0.25) is 38.4 Å². The van der Waals surface area contributed by atoms with Crippen LogP contribution in [-0.4, -0.2) is 107 Å². The number of aliphatic carboxylic acids is 1. The lowest BCUT2D eigenvalue weighted by Gasteiger charge is -2.28. The van der Waals surface area contributed by atoms with Crippen LogP contribution < -0.4 is 49.5 Å². The van der Waals surface area contributed by atoms with Crippen LogP contribution in [0.5, 0.6) is 0 Å². The molecule has 0 aliphatic heterocycles. The van der Waals surface area contributed by atoms with E-state index in [9.17, 15) is 48.3 Å². The van der Waals surface area contributed by atoms with E-state index < -0.39 is 102 Å². The number of carboxylic acid groups (broad SMARTS) is 1. The highest BCUT2D eigenvalue weighted by Gasteiger charge is 2.34. The molecule has 0 rings (SSSR count). The maximum Gasteiger partial charge on any atom is 0.326 e. The molecule has 0 saturated heterocycles. The Morgan fingerprint density at radius 1 is 0.660 bits per heavy atom. The highest BCUT2D eigenvalue weighted by Crippen LogP contribution is 2.10. The SMILES string of the molecule is CC[C@H](C)[C@H](NC(=O)CN)C(=O)N[C@@H](CCC(N)=O)C(=O)N[C@@H](CC(N)=O)C(=O)N[C@@H](CCSC)C(=O)N[C@@H](CCC(N)=O)C(=O)O. The van der Waals surface area contributed by atoms with Crippen LogP contribution in [0.3, 0.4) is 0 Å². The molecule has 19 nitrogen and oxygen atoms in total. The first-order chi connectivity index (χ1) is 22.0. The van der Waals surface area contributed by atoms with Gasteiger partial charge in [0.2, 0.25) is 47.3 Å². The predicted molar refractivity (Wildman–Crippen MR) is 169 cm³/mol. The molecule has 0 aromatic rings. The molecular formula is C27H47N9O10S. The first-order valence-corrected chi connectivity index (χ1v) is 16.1. The van der Waals surface area contributed by atoms with Gasteiger partial charge in [-0.05, 0) is 37.2 Å². The summed E-state index contributed by atoms with van der Waals surface area (Å²) in [4.78, 5) is 111. The Hall–Kier alpha value is -4.46. The van der Waals surface area contributed by atoms with Crippen LogP contribution in [0.4, 0.5) is 0 Å². The number of nitrogens with two attached hydrogens (primary N) is 4. The zero-order valence-corrected chi connectivity index (χ0v) is 27.5. The number of carboxylic acids is 1. The number of nitrogens with one attached hydrogen (secondary N) is 5. The van der Waals surface area contributed by atoms with E-state index in [1.807, 2.05) is 0 Å². The predicted octanol–water partition coefficient (Wildman–Crippen LogP) is -4.34. The fourth-order valence-corrected chi connectivity index (χ4v) is 4.50. The van der Waals surface area contributed by atoms with Gasteiger partial charge in [-0.1, -0.05) is 20.3 Å². The van der Waals surface area contributed by atoms with Crippen LogP contribution in [0.2, 0.25) is 0 Å². The molecule has 0 aromatic carbocycles. The van der Waals surface area contributed by atoms with Crippen LogP contribution in [0.15, 0.2) is 0 Å². The van der Waals surface area contributed by atoms with Gasteiger partial charge < -0.3 is 54.6 Å². The van der Waals surface area contributed by atoms with E-state index >= 15 is 0 Å². The average Bonchev–Trinajstić information content (AvgIpc) is 2.99. The van der Waals surface area contributed by atoms with Crippen LogP contribution in [0.1, 0.15) is 58.8 Å². The molecule has 0 aliphatic carbocycles. The van der Waals surface area contributed by atoms with Gasteiger partial charge in [0.1, 0.15) is 30.2 Å². The molecule has 0 spiro atoms. The lowest BCUT2D eigenvalue weighted by atomic mass is 9.97. The van der Waals surface area contributed by atoms with Crippen molar-refractivity contribution in [3.8, 4) is 0 Å². The van der Waals surface area contributed by atoms with Crippen molar-refractivity contribution < 1.29 is 48.3 Å². The van der Waals surface area contributed by atoms with Crippen molar-refractivity contribution in [1.82, 2.24) is 26.6 Å². The lowest BCUT2D eigenvalue weighted by Crippen LogP contribution is -2.60. The minimum atomic E-state index is -1.68. The number of hydrogen-bond donors (Lipinski definition) is 10. The van der Waals surface area contributed by atoms with E-state index in [4.69, 9.17) is 22.9 Å². The number of hydrogen-bond acceptors (Lipinski definition) is 11. The fraction of sp³-hybridized carbons (Fsp3) is 0.667. The second-order valence-corrected chi connectivity index (χ2v) is 11.7.